The summed E-state index contributed by atoms with van der Waals surface area (Å²) >= 11 is 1.66. The number of methoxy groups -OCH3 is 1. The van der Waals surface area contributed by atoms with Crippen LogP contribution in [0.1, 0.15) is 4.88 Å². The number of thiazole rings is 1. The lowest BCUT2D eigenvalue weighted by atomic mass is 10.3. The van der Waals surface area contributed by atoms with Crippen molar-refractivity contribution in [2.45, 2.75) is 12.6 Å². The van der Waals surface area contributed by atoms with Crippen molar-refractivity contribution in [3.63, 3.8) is 0 Å². The van der Waals surface area contributed by atoms with Crippen molar-refractivity contribution in [3.05, 3.63) is 4.88 Å². The molecule has 0 aromatic carbocycles. The largest absolute Gasteiger partial charge is 0.480 e. The highest BCUT2D eigenvalue weighted by molar-refractivity contribution is 7.15. The molecule has 1 N–H and O–H groups in total. The van der Waals surface area contributed by atoms with Crippen LogP contribution in [0.15, 0.2) is 0 Å². The van der Waals surface area contributed by atoms with Gasteiger partial charge in [0, 0.05) is 40.3 Å². The average molecular weight is 300 g/mol. The second kappa shape index (κ2) is 7.21. The van der Waals surface area contributed by atoms with E-state index in [1.807, 2.05) is 19.0 Å². The molecule has 1 fully saturated rings. The van der Waals surface area contributed by atoms with E-state index in [1.165, 1.54) is 0 Å². The van der Waals surface area contributed by atoms with E-state index < -0.39 is 0 Å². The Kier molecular flexibility index (Phi) is 5.59. The number of ether oxygens (including phenoxy) is 2. The number of nitrogens with zero attached hydrogens (tertiary/aromatic N) is 3. The minimum Gasteiger partial charge on any atom is -0.480 e. The molecule has 0 spiro atoms. The average Bonchev–Trinajstić information content (AvgIpc) is 2.82. The van der Waals surface area contributed by atoms with Gasteiger partial charge in [-0.2, -0.15) is 4.98 Å². The first kappa shape index (κ1) is 15.5. The number of nitrogens with one attached hydrogen (secondary N) is 1. The highest BCUT2D eigenvalue weighted by atomic mass is 32.1. The molecule has 20 heavy (non-hydrogen) atoms. The Balaban J connectivity index is 1.84. The van der Waals surface area contributed by atoms with Crippen LogP contribution in [0.4, 0.5) is 5.13 Å². The number of likely N-dealkylation sites (N-methyl/N-ethyl adjacent to an activating group) is 1. The van der Waals surface area contributed by atoms with Gasteiger partial charge in [-0.15, -0.1) is 0 Å². The van der Waals surface area contributed by atoms with Gasteiger partial charge >= 0.3 is 0 Å². The summed E-state index contributed by atoms with van der Waals surface area (Å²) in [6.07, 6.45) is 0.265. The molecule has 1 aromatic heterocycles. The molecule has 1 aliphatic heterocycles. The predicted octanol–water partition coefficient (Wildman–Crippen LogP) is 0.638. The van der Waals surface area contributed by atoms with Crippen LogP contribution < -0.4 is 15.0 Å². The van der Waals surface area contributed by atoms with Crippen molar-refractivity contribution in [1.82, 2.24) is 15.2 Å². The first-order valence-corrected chi connectivity index (χ1v) is 7.63. The molecule has 1 aliphatic rings. The van der Waals surface area contributed by atoms with Gasteiger partial charge < -0.3 is 24.6 Å². The SMILES string of the molecule is COc1nc(N(C)C)sc1CNCC1CN(C)CCO1. The van der Waals surface area contributed by atoms with Crippen LogP contribution in [0.2, 0.25) is 0 Å². The monoisotopic (exact) mass is 300 g/mol. The fraction of sp³-hybridized carbons (Fsp3) is 0.769. The van der Waals surface area contributed by atoms with Gasteiger partial charge in [0.05, 0.1) is 24.7 Å². The molecular weight excluding hydrogens is 276 g/mol. The maximum Gasteiger partial charge on any atom is 0.230 e. The first-order valence-electron chi connectivity index (χ1n) is 6.82. The number of rotatable bonds is 6. The van der Waals surface area contributed by atoms with Crippen LogP contribution in [0.5, 0.6) is 5.88 Å². The summed E-state index contributed by atoms with van der Waals surface area (Å²) in [5, 5.41) is 4.40. The lowest BCUT2D eigenvalue weighted by Crippen LogP contribution is -2.44. The second-order valence-electron chi connectivity index (χ2n) is 5.21. The summed E-state index contributed by atoms with van der Waals surface area (Å²) in [6, 6.07) is 0. The molecular formula is C13H24N4O2S. The normalized spacial score (nSPS) is 20.1. The van der Waals surface area contributed by atoms with Gasteiger partial charge in [0.25, 0.3) is 0 Å². The van der Waals surface area contributed by atoms with Gasteiger partial charge in [0.1, 0.15) is 0 Å². The molecule has 1 unspecified atom stereocenters. The highest BCUT2D eigenvalue weighted by Crippen LogP contribution is 2.30. The molecule has 0 radical (unpaired) electrons. The van der Waals surface area contributed by atoms with Crippen molar-refractivity contribution >= 4 is 16.5 Å². The lowest BCUT2D eigenvalue weighted by molar-refractivity contribution is -0.0182. The molecule has 0 bridgehead atoms. The van der Waals surface area contributed by atoms with Crippen LogP contribution in [-0.4, -0.2) is 70.5 Å². The molecule has 0 amide bonds. The summed E-state index contributed by atoms with van der Waals surface area (Å²) in [5.74, 6) is 0.716. The second-order valence-corrected chi connectivity index (χ2v) is 6.27. The number of morpholine rings is 1. The zero-order chi connectivity index (χ0) is 14.5. The molecule has 7 heteroatoms. The number of hydrogen-bond acceptors (Lipinski definition) is 7. The van der Waals surface area contributed by atoms with Crippen molar-refractivity contribution in [2.24, 2.45) is 0 Å². The Morgan fingerprint density at radius 3 is 3.00 bits per heavy atom. The van der Waals surface area contributed by atoms with Crippen molar-refractivity contribution in [3.8, 4) is 5.88 Å². The summed E-state index contributed by atoms with van der Waals surface area (Å²) in [6.45, 7) is 4.43. The fourth-order valence-corrected chi connectivity index (χ4v) is 3.05. The molecule has 1 saturated heterocycles. The van der Waals surface area contributed by atoms with E-state index >= 15 is 0 Å². The summed E-state index contributed by atoms with van der Waals surface area (Å²) < 4.78 is 11.1. The van der Waals surface area contributed by atoms with E-state index in [0.717, 1.165) is 42.8 Å². The van der Waals surface area contributed by atoms with Gasteiger partial charge in [-0.05, 0) is 7.05 Å². The highest BCUT2D eigenvalue weighted by Gasteiger charge is 2.18. The third-order valence-electron chi connectivity index (χ3n) is 3.23. The van der Waals surface area contributed by atoms with Crippen LogP contribution in [-0.2, 0) is 11.3 Å². The first-order chi connectivity index (χ1) is 9.60. The van der Waals surface area contributed by atoms with Gasteiger partial charge in [-0.3, -0.25) is 0 Å². The van der Waals surface area contributed by atoms with Crippen LogP contribution >= 0.6 is 11.3 Å². The van der Waals surface area contributed by atoms with E-state index in [4.69, 9.17) is 9.47 Å². The maximum atomic E-state index is 5.73. The Morgan fingerprint density at radius 1 is 1.55 bits per heavy atom. The van der Waals surface area contributed by atoms with E-state index in [2.05, 4.69) is 22.2 Å². The van der Waals surface area contributed by atoms with Crippen molar-refractivity contribution < 1.29 is 9.47 Å². The molecule has 114 valence electrons. The topological polar surface area (TPSA) is 49.9 Å². The van der Waals surface area contributed by atoms with Gasteiger partial charge in [0.15, 0.2) is 5.13 Å². The minimum atomic E-state index is 0.265. The fourth-order valence-electron chi connectivity index (χ4n) is 2.13. The third-order valence-corrected chi connectivity index (χ3v) is 4.43. The maximum absolute atomic E-state index is 5.73. The lowest BCUT2D eigenvalue weighted by Gasteiger charge is -2.30. The molecule has 0 saturated carbocycles. The van der Waals surface area contributed by atoms with Gasteiger partial charge in [0.2, 0.25) is 5.88 Å². The molecule has 6 nitrogen and oxygen atoms in total. The zero-order valence-electron chi connectivity index (χ0n) is 12.7. The number of aromatic nitrogens is 1. The Bertz CT molecular complexity index is 425. The quantitative estimate of drug-likeness (QED) is 0.832. The van der Waals surface area contributed by atoms with E-state index in [0.29, 0.717) is 5.88 Å². The van der Waals surface area contributed by atoms with E-state index in [-0.39, 0.29) is 6.10 Å². The smallest absolute Gasteiger partial charge is 0.230 e. The van der Waals surface area contributed by atoms with Crippen LogP contribution in [0.3, 0.4) is 0 Å². The molecule has 2 heterocycles. The van der Waals surface area contributed by atoms with E-state index in [1.54, 1.807) is 18.4 Å². The Labute approximate surface area is 124 Å². The van der Waals surface area contributed by atoms with Crippen LogP contribution in [0.25, 0.3) is 0 Å². The van der Waals surface area contributed by atoms with Gasteiger partial charge in [-0.1, -0.05) is 11.3 Å². The van der Waals surface area contributed by atoms with Gasteiger partial charge in [-0.25, -0.2) is 0 Å². The molecule has 2 rings (SSSR count). The third kappa shape index (κ3) is 4.05. The summed E-state index contributed by atoms with van der Waals surface area (Å²) in [7, 11) is 7.77. The van der Waals surface area contributed by atoms with Crippen molar-refractivity contribution in [2.75, 3.05) is 59.4 Å². The van der Waals surface area contributed by atoms with Crippen LogP contribution in [0, 0.1) is 0 Å². The minimum absolute atomic E-state index is 0.265. The summed E-state index contributed by atoms with van der Waals surface area (Å²) in [5.41, 5.74) is 0. The van der Waals surface area contributed by atoms with Crippen molar-refractivity contribution in [1.29, 1.82) is 0 Å². The number of hydrogen-bond donors (Lipinski definition) is 1. The Hall–Kier alpha value is -0.890. The summed E-state index contributed by atoms with van der Waals surface area (Å²) in [4.78, 5) is 9.87. The number of anilines is 1. The van der Waals surface area contributed by atoms with E-state index in [9.17, 15) is 0 Å². The molecule has 0 aliphatic carbocycles. The predicted molar refractivity (Wildman–Crippen MR) is 81.9 cm³/mol. The molecule has 1 aromatic rings. The standard InChI is InChI=1S/C13H24N4O2S/c1-16(2)13-15-12(18-4)11(20-13)8-14-7-10-9-17(3)5-6-19-10/h10,14H,5-9H2,1-4H3. The zero-order valence-corrected chi connectivity index (χ0v) is 13.5. The molecule has 1 atom stereocenters. The Morgan fingerprint density at radius 2 is 2.35 bits per heavy atom.